The predicted molar refractivity (Wildman–Crippen MR) is 91.8 cm³/mol. The van der Waals surface area contributed by atoms with Gasteiger partial charge in [0.15, 0.2) is 5.11 Å². The first-order valence-corrected chi connectivity index (χ1v) is 7.56. The van der Waals surface area contributed by atoms with E-state index in [1.165, 1.54) is 42.1 Å². The Bertz CT molecular complexity index is 844. The molecule has 0 aliphatic carbocycles. The van der Waals surface area contributed by atoms with Crippen LogP contribution in [0.25, 0.3) is 11.8 Å². The van der Waals surface area contributed by atoms with Crippen LogP contribution < -0.4 is 0 Å². The molecule has 0 bridgehead atoms. The fourth-order valence-electron chi connectivity index (χ4n) is 2.47. The molecule has 2 amide bonds. The number of halogens is 1. The topological polar surface area (TPSA) is 45.6 Å². The molecule has 7 heteroatoms. The molecule has 1 aliphatic rings. The highest BCUT2D eigenvalue weighted by atomic mass is 32.1. The number of nitrogens with zero attached hydrogens (tertiary/aromatic N) is 3. The molecule has 3 rings (SSSR count). The number of amides is 2. The monoisotopic (exact) mass is 343 g/mol. The Kier molecular flexibility index (Phi) is 4.02. The Morgan fingerprint density at radius 2 is 1.58 bits per heavy atom. The summed E-state index contributed by atoms with van der Waals surface area (Å²) in [6.45, 7) is 0. The first-order chi connectivity index (χ1) is 11.4. The Morgan fingerprint density at radius 1 is 1.00 bits per heavy atom. The zero-order valence-electron chi connectivity index (χ0n) is 13.1. The molecule has 1 aromatic heterocycles. The summed E-state index contributed by atoms with van der Waals surface area (Å²) in [6.07, 6.45) is 3.29. The van der Waals surface area contributed by atoms with Crippen molar-refractivity contribution in [3.8, 4) is 5.69 Å². The fraction of sp³-hybridized carbons (Fsp3) is 0.118. The lowest BCUT2D eigenvalue weighted by atomic mass is 10.1. The van der Waals surface area contributed by atoms with E-state index in [0.29, 0.717) is 5.69 Å². The van der Waals surface area contributed by atoms with E-state index in [2.05, 4.69) is 0 Å². The highest BCUT2D eigenvalue weighted by Gasteiger charge is 2.35. The van der Waals surface area contributed by atoms with Crippen molar-refractivity contribution in [1.29, 1.82) is 0 Å². The van der Waals surface area contributed by atoms with Crippen LogP contribution in [-0.4, -0.2) is 45.4 Å². The van der Waals surface area contributed by atoms with Gasteiger partial charge in [0.05, 0.1) is 0 Å². The Morgan fingerprint density at radius 3 is 2.17 bits per heavy atom. The second-order valence-corrected chi connectivity index (χ2v) is 5.71. The summed E-state index contributed by atoms with van der Waals surface area (Å²) < 4.78 is 14.9. The van der Waals surface area contributed by atoms with E-state index in [1.54, 1.807) is 35.0 Å². The molecule has 2 heterocycles. The van der Waals surface area contributed by atoms with Gasteiger partial charge in [-0.05, 0) is 54.7 Å². The first-order valence-electron chi connectivity index (χ1n) is 7.15. The van der Waals surface area contributed by atoms with Crippen LogP contribution in [0.1, 0.15) is 5.69 Å². The molecule has 1 aliphatic heterocycles. The SMILES string of the molecule is CN1C(=O)C(=Cc2cccn2-c2ccc(F)cc2)C(=O)N(C)C1=S. The van der Waals surface area contributed by atoms with Gasteiger partial charge < -0.3 is 4.57 Å². The highest BCUT2D eigenvalue weighted by molar-refractivity contribution is 7.80. The van der Waals surface area contributed by atoms with Crippen molar-refractivity contribution >= 4 is 35.2 Å². The average molecular weight is 343 g/mol. The molecular weight excluding hydrogens is 329 g/mol. The lowest BCUT2D eigenvalue weighted by Crippen LogP contribution is -2.52. The van der Waals surface area contributed by atoms with Crippen molar-refractivity contribution in [3.05, 3.63) is 59.7 Å². The Hall–Kier alpha value is -2.80. The molecule has 0 unspecified atom stereocenters. The van der Waals surface area contributed by atoms with Crippen LogP contribution in [0.2, 0.25) is 0 Å². The van der Waals surface area contributed by atoms with Gasteiger partial charge in [-0.25, -0.2) is 4.39 Å². The van der Waals surface area contributed by atoms with Crippen molar-refractivity contribution in [2.75, 3.05) is 14.1 Å². The molecule has 1 fully saturated rings. The summed E-state index contributed by atoms with van der Waals surface area (Å²) >= 11 is 5.06. The van der Waals surface area contributed by atoms with Gasteiger partial charge in [-0.2, -0.15) is 0 Å². The number of benzene rings is 1. The van der Waals surface area contributed by atoms with Crippen LogP contribution in [0.4, 0.5) is 4.39 Å². The number of likely N-dealkylation sites (N-methyl/N-ethyl adjacent to an activating group) is 2. The number of thiocarbonyl (C=S) groups is 1. The molecule has 0 radical (unpaired) electrons. The largest absolute Gasteiger partial charge is 0.317 e. The molecule has 1 saturated heterocycles. The van der Waals surface area contributed by atoms with Gasteiger partial charge in [-0.1, -0.05) is 0 Å². The highest BCUT2D eigenvalue weighted by Crippen LogP contribution is 2.20. The summed E-state index contributed by atoms with van der Waals surface area (Å²) in [5.74, 6) is -1.23. The van der Waals surface area contributed by atoms with Gasteiger partial charge in [-0.15, -0.1) is 0 Å². The lowest BCUT2D eigenvalue weighted by Gasteiger charge is -2.31. The summed E-state index contributed by atoms with van der Waals surface area (Å²) in [7, 11) is 3.06. The van der Waals surface area contributed by atoms with Gasteiger partial charge in [0.2, 0.25) is 0 Å². The molecule has 0 N–H and O–H groups in total. The third-order valence-corrected chi connectivity index (χ3v) is 4.37. The molecule has 0 spiro atoms. The van der Waals surface area contributed by atoms with Crippen molar-refractivity contribution < 1.29 is 14.0 Å². The van der Waals surface area contributed by atoms with Gasteiger partial charge in [0.25, 0.3) is 11.8 Å². The minimum absolute atomic E-state index is 0.0238. The number of rotatable bonds is 2. The minimum Gasteiger partial charge on any atom is -0.317 e. The normalized spacial score (nSPS) is 15.3. The summed E-state index contributed by atoms with van der Waals surface area (Å²) in [5.41, 5.74) is 1.38. The number of hydrogen-bond donors (Lipinski definition) is 0. The van der Waals surface area contributed by atoms with Crippen molar-refractivity contribution in [1.82, 2.24) is 14.4 Å². The maximum atomic E-state index is 13.1. The van der Waals surface area contributed by atoms with E-state index < -0.39 is 11.8 Å². The van der Waals surface area contributed by atoms with Crippen LogP contribution >= 0.6 is 12.2 Å². The predicted octanol–water partition coefficient (Wildman–Crippen LogP) is 2.22. The van der Waals surface area contributed by atoms with Crippen LogP contribution in [-0.2, 0) is 9.59 Å². The smallest absolute Gasteiger partial charge is 0.265 e. The van der Waals surface area contributed by atoms with Gasteiger partial charge in [0.1, 0.15) is 11.4 Å². The van der Waals surface area contributed by atoms with Gasteiger partial charge in [-0.3, -0.25) is 19.4 Å². The van der Waals surface area contributed by atoms with Crippen LogP contribution in [0.3, 0.4) is 0 Å². The third-order valence-electron chi connectivity index (χ3n) is 3.82. The van der Waals surface area contributed by atoms with Crippen molar-refractivity contribution in [2.45, 2.75) is 0 Å². The van der Waals surface area contributed by atoms with E-state index in [9.17, 15) is 14.0 Å². The zero-order chi connectivity index (χ0) is 17.4. The molecular formula is C17H14FN3O2S. The van der Waals surface area contributed by atoms with E-state index in [-0.39, 0.29) is 16.5 Å². The quantitative estimate of drug-likeness (QED) is 0.477. The number of hydrogen-bond acceptors (Lipinski definition) is 3. The third kappa shape index (κ3) is 2.63. The van der Waals surface area contributed by atoms with Crippen molar-refractivity contribution in [2.24, 2.45) is 0 Å². The number of carbonyl (C=O) groups is 2. The maximum Gasteiger partial charge on any atom is 0.265 e. The van der Waals surface area contributed by atoms with Crippen molar-refractivity contribution in [3.63, 3.8) is 0 Å². The summed E-state index contributed by atoms with van der Waals surface area (Å²) in [5, 5.41) is 0.163. The van der Waals surface area contributed by atoms with Crippen LogP contribution in [0.5, 0.6) is 0 Å². The van der Waals surface area contributed by atoms with E-state index in [0.717, 1.165) is 5.69 Å². The summed E-state index contributed by atoms with van der Waals surface area (Å²) in [6, 6.07) is 9.49. The minimum atomic E-state index is -0.449. The Balaban J connectivity index is 2.05. The standard InChI is InChI=1S/C17H14FN3O2S/c1-19-15(22)14(16(23)20(2)17(19)24)10-13-4-3-9-21(13)12-7-5-11(18)6-8-12/h3-10H,1-2H3. The molecule has 2 aromatic rings. The number of carbonyl (C=O) groups excluding carboxylic acids is 2. The molecule has 24 heavy (non-hydrogen) atoms. The second-order valence-electron chi connectivity index (χ2n) is 5.35. The van der Waals surface area contributed by atoms with E-state index in [1.807, 2.05) is 0 Å². The Labute approximate surface area is 143 Å². The zero-order valence-corrected chi connectivity index (χ0v) is 13.9. The maximum absolute atomic E-state index is 13.1. The summed E-state index contributed by atoms with van der Waals surface area (Å²) in [4.78, 5) is 27.3. The average Bonchev–Trinajstić information content (AvgIpc) is 3.04. The lowest BCUT2D eigenvalue weighted by molar-refractivity contribution is -0.132. The molecule has 1 aromatic carbocycles. The van der Waals surface area contributed by atoms with E-state index in [4.69, 9.17) is 12.2 Å². The van der Waals surface area contributed by atoms with Gasteiger partial charge >= 0.3 is 0 Å². The molecule has 122 valence electrons. The fourth-order valence-corrected chi connectivity index (χ4v) is 2.64. The second kappa shape index (κ2) is 6.01. The van der Waals surface area contributed by atoms with E-state index >= 15 is 0 Å². The first kappa shape index (κ1) is 16.1. The van der Waals surface area contributed by atoms with Gasteiger partial charge in [0, 0.05) is 31.7 Å². The molecule has 0 atom stereocenters. The van der Waals surface area contributed by atoms with Crippen LogP contribution in [0, 0.1) is 5.82 Å². The number of aromatic nitrogens is 1. The molecule has 5 nitrogen and oxygen atoms in total. The van der Waals surface area contributed by atoms with Crippen LogP contribution in [0.15, 0.2) is 48.2 Å². The molecule has 0 saturated carbocycles.